The molecule has 1 aromatic carbocycles. The Hall–Kier alpha value is -2.80. The molecule has 0 saturated heterocycles. The highest BCUT2D eigenvalue weighted by Crippen LogP contribution is 2.22. The average molecular weight is 354 g/mol. The lowest BCUT2D eigenvalue weighted by Gasteiger charge is -2.14. The van der Waals surface area contributed by atoms with E-state index in [1.165, 1.54) is 22.1 Å². The molecule has 1 amide bonds. The second-order valence-electron chi connectivity index (χ2n) is 5.69. The molecule has 2 heterocycles. The number of anilines is 1. The van der Waals surface area contributed by atoms with E-state index in [2.05, 4.69) is 15.4 Å². The van der Waals surface area contributed by atoms with Crippen LogP contribution in [-0.4, -0.2) is 20.7 Å². The summed E-state index contributed by atoms with van der Waals surface area (Å²) in [6.07, 6.45) is 0. The van der Waals surface area contributed by atoms with Crippen LogP contribution in [0.3, 0.4) is 0 Å². The van der Waals surface area contributed by atoms with Crippen molar-refractivity contribution in [3.05, 3.63) is 63.4 Å². The first-order valence-electron chi connectivity index (χ1n) is 7.86. The number of rotatable bonds is 4. The van der Waals surface area contributed by atoms with Crippen LogP contribution in [-0.2, 0) is 4.79 Å². The molecule has 1 unspecified atom stereocenters. The summed E-state index contributed by atoms with van der Waals surface area (Å²) >= 11 is 1.41. The van der Waals surface area contributed by atoms with Gasteiger partial charge in [0.2, 0.25) is 0 Å². The Balaban J connectivity index is 1.87. The van der Waals surface area contributed by atoms with Crippen molar-refractivity contribution >= 4 is 22.4 Å². The van der Waals surface area contributed by atoms with E-state index in [4.69, 9.17) is 0 Å². The van der Waals surface area contributed by atoms with Crippen LogP contribution in [0.1, 0.15) is 23.5 Å². The van der Waals surface area contributed by atoms with E-state index in [-0.39, 0.29) is 11.5 Å². The van der Waals surface area contributed by atoms with Gasteiger partial charge in [0.15, 0.2) is 5.13 Å². The number of carbonyl (C=O) groups excluding carboxylic acids is 1. The lowest BCUT2D eigenvalue weighted by Crippen LogP contribution is -2.33. The van der Waals surface area contributed by atoms with Crippen molar-refractivity contribution in [2.24, 2.45) is 0 Å². The molecule has 0 bridgehead atoms. The maximum Gasteiger partial charge on any atom is 0.267 e. The van der Waals surface area contributed by atoms with Crippen LogP contribution in [0.2, 0.25) is 0 Å². The van der Waals surface area contributed by atoms with Crippen LogP contribution in [0, 0.1) is 13.8 Å². The second kappa shape index (κ2) is 6.98. The lowest BCUT2D eigenvalue weighted by atomic mass is 10.1. The zero-order valence-electron chi connectivity index (χ0n) is 14.2. The smallest absolute Gasteiger partial charge is 0.267 e. The first kappa shape index (κ1) is 17.0. The second-order valence-corrected chi connectivity index (χ2v) is 6.90. The predicted octanol–water partition coefficient (Wildman–Crippen LogP) is 3.18. The molecule has 128 valence electrons. The molecule has 1 atom stereocenters. The molecule has 0 aliphatic heterocycles. The summed E-state index contributed by atoms with van der Waals surface area (Å²) < 4.78 is 1.20. The zero-order valence-corrected chi connectivity index (χ0v) is 15.0. The fourth-order valence-electron chi connectivity index (χ4n) is 2.31. The summed E-state index contributed by atoms with van der Waals surface area (Å²) in [7, 11) is 0. The maximum absolute atomic E-state index is 12.5. The highest BCUT2D eigenvalue weighted by Gasteiger charge is 2.19. The van der Waals surface area contributed by atoms with Gasteiger partial charge in [-0.15, -0.1) is 11.3 Å². The van der Waals surface area contributed by atoms with E-state index in [0.717, 1.165) is 16.1 Å². The van der Waals surface area contributed by atoms with E-state index < -0.39 is 6.04 Å². The third kappa shape index (κ3) is 3.66. The van der Waals surface area contributed by atoms with Crippen molar-refractivity contribution in [3.63, 3.8) is 0 Å². The number of hydrogen-bond donors (Lipinski definition) is 1. The molecule has 0 aliphatic carbocycles. The summed E-state index contributed by atoms with van der Waals surface area (Å²) in [5, 5.41) is 7.64. The van der Waals surface area contributed by atoms with Crippen LogP contribution < -0.4 is 10.9 Å². The van der Waals surface area contributed by atoms with Gasteiger partial charge in [-0.3, -0.25) is 9.59 Å². The molecule has 0 fully saturated rings. The van der Waals surface area contributed by atoms with Crippen molar-refractivity contribution in [1.82, 2.24) is 14.8 Å². The lowest BCUT2D eigenvalue weighted by molar-refractivity contribution is -0.119. The minimum atomic E-state index is -0.749. The summed E-state index contributed by atoms with van der Waals surface area (Å²) in [5.41, 5.74) is 2.08. The summed E-state index contributed by atoms with van der Waals surface area (Å²) in [5.74, 6) is -0.325. The van der Waals surface area contributed by atoms with E-state index in [1.807, 2.05) is 44.2 Å². The monoisotopic (exact) mass is 354 g/mol. The number of carbonyl (C=O) groups is 1. The normalized spacial score (nSPS) is 12.0. The van der Waals surface area contributed by atoms with Crippen molar-refractivity contribution in [2.75, 3.05) is 5.32 Å². The number of aromatic nitrogens is 3. The fourth-order valence-corrected chi connectivity index (χ4v) is 3.13. The zero-order chi connectivity index (χ0) is 18.0. The number of thiazole rings is 1. The van der Waals surface area contributed by atoms with Gasteiger partial charge in [0.1, 0.15) is 6.04 Å². The summed E-state index contributed by atoms with van der Waals surface area (Å²) in [6, 6.07) is 11.9. The van der Waals surface area contributed by atoms with E-state index >= 15 is 0 Å². The van der Waals surface area contributed by atoms with Gasteiger partial charge in [-0.2, -0.15) is 5.10 Å². The Kier molecular flexibility index (Phi) is 4.76. The van der Waals surface area contributed by atoms with Crippen molar-refractivity contribution < 1.29 is 4.79 Å². The molecule has 0 saturated carbocycles. The van der Waals surface area contributed by atoms with Gasteiger partial charge >= 0.3 is 0 Å². The average Bonchev–Trinajstić information content (AvgIpc) is 2.93. The van der Waals surface area contributed by atoms with Gasteiger partial charge in [-0.25, -0.2) is 9.67 Å². The van der Waals surface area contributed by atoms with E-state index in [0.29, 0.717) is 10.8 Å². The standard InChI is InChI=1S/C18H18N4O2S/c1-11-13(3)25-18(19-11)20-17(24)12(2)22-16(23)10-9-15(21-22)14-7-5-4-6-8-14/h4-10,12H,1-3H3,(H,19,20,24). The highest BCUT2D eigenvalue weighted by atomic mass is 32.1. The summed E-state index contributed by atoms with van der Waals surface area (Å²) in [6.45, 7) is 5.48. The Labute approximate surface area is 149 Å². The van der Waals surface area contributed by atoms with Gasteiger partial charge in [-0.05, 0) is 26.8 Å². The molecule has 25 heavy (non-hydrogen) atoms. The van der Waals surface area contributed by atoms with Crippen molar-refractivity contribution in [1.29, 1.82) is 0 Å². The van der Waals surface area contributed by atoms with Crippen LogP contribution in [0.25, 0.3) is 11.3 Å². The minimum Gasteiger partial charge on any atom is -0.300 e. The van der Waals surface area contributed by atoms with Crippen LogP contribution >= 0.6 is 11.3 Å². The molecular weight excluding hydrogens is 336 g/mol. The first-order valence-corrected chi connectivity index (χ1v) is 8.67. The number of hydrogen-bond acceptors (Lipinski definition) is 5. The molecular formula is C18H18N4O2S. The molecule has 7 heteroatoms. The van der Waals surface area contributed by atoms with Crippen LogP contribution in [0.15, 0.2) is 47.3 Å². The highest BCUT2D eigenvalue weighted by molar-refractivity contribution is 7.15. The number of amides is 1. The van der Waals surface area contributed by atoms with E-state index in [1.54, 1.807) is 13.0 Å². The van der Waals surface area contributed by atoms with Crippen LogP contribution in [0.5, 0.6) is 0 Å². The van der Waals surface area contributed by atoms with Gasteiger partial charge < -0.3 is 5.32 Å². The predicted molar refractivity (Wildman–Crippen MR) is 98.9 cm³/mol. The number of nitrogens with zero attached hydrogens (tertiary/aromatic N) is 3. The fraction of sp³-hybridized carbons (Fsp3) is 0.222. The Morgan fingerprint density at radius 2 is 1.88 bits per heavy atom. The van der Waals surface area contributed by atoms with Gasteiger partial charge in [0.05, 0.1) is 11.4 Å². The number of nitrogens with one attached hydrogen (secondary N) is 1. The molecule has 6 nitrogen and oxygen atoms in total. The molecule has 0 aliphatic rings. The summed E-state index contributed by atoms with van der Waals surface area (Å²) in [4.78, 5) is 30.0. The Morgan fingerprint density at radius 3 is 2.52 bits per heavy atom. The molecule has 3 aromatic rings. The number of aryl methyl sites for hydroxylation is 2. The van der Waals surface area contributed by atoms with Crippen molar-refractivity contribution in [3.8, 4) is 11.3 Å². The van der Waals surface area contributed by atoms with Crippen molar-refractivity contribution in [2.45, 2.75) is 26.8 Å². The molecule has 0 radical (unpaired) electrons. The Bertz CT molecular complexity index is 943. The molecule has 3 rings (SSSR count). The van der Waals surface area contributed by atoms with Gasteiger partial charge in [-0.1, -0.05) is 30.3 Å². The minimum absolute atomic E-state index is 0.325. The SMILES string of the molecule is Cc1nc(NC(=O)C(C)n2nc(-c3ccccc3)ccc2=O)sc1C. The third-order valence-corrected chi connectivity index (χ3v) is 4.89. The van der Waals surface area contributed by atoms with E-state index in [9.17, 15) is 9.59 Å². The first-order chi connectivity index (χ1) is 12.0. The maximum atomic E-state index is 12.5. The largest absolute Gasteiger partial charge is 0.300 e. The Morgan fingerprint density at radius 1 is 1.16 bits per heavy atom. The molecule has 2 aromatic heterocycles. The molecule has 1 N–H and O–H groups in total. The topological polar surface area (TPSA) is 76.9 Å². The van der Waals surface area contributed by atoms with Crippen LogP contribution in [0.4, 0.5) is 5.13 Å². The number of benzene rings is 1. The third-order valence-electron chi connectivity index (χ3n) is 3.90. The molecule has 0 spiro atoms. The quantitative estimate of drug-likeness (QED) is 0.781. The van der Waals surface area contributed by atoms with Gasteiger partial charge in [0.25, 0.3) is 11.5 Å². The van der Waals surface area contributed by atoms with Gasteiger partial charge in [0, 0.05) is 16.5 Å².